The molecule has 8 unspecified atom stereocenters. The van der Waals surface area contributed by atoms with Crippen LogP contribution < -0.4 is 15.5 Å². The summed E-state index contributed by atoms with van der Waals surface area (Å²) in [6, 6.07) is 43.2. The van der Waals surface area contributed by atoms with Crippen LogP contribution in [0.15, 0.2) is 190 Å². The quantitative estimate of drug-likeness (QED) is 0.165. The van der Waals surface area contributed by atoms with E-state index in [0.29, 0.717) is 23.7 Å². The molecule has 66 heavy (non-hydrogen) atoms. The second-order valence-electron chi connectivity index (χ2n) is 20.3. The number of hydrogen-bond acceptors (Lipinski definition) is 4. The van der Waals surface area contributed by atoms with Gasteiger partial charge in [-0.3, -0.25) is 0 Å². The molecular formula is C61H54N4S. The molecule has 4 heterocycles. The first-order chi connectivity index (χ1) is 32.1. The molecule has 0 N–H and O–H groups in total. The predicted octanol–water partition coefficient (Wildman–Crippen LogP) is 12.9. The van der Waals surface area contributed by atoms with E-state index >= 15 is 0 Å². The Balaban J connectivity index is 0.965. The van der Waals surface area contributed by atoms with Gasteiger partial charge in [-0.25, -0.2) is 9.98 Å². The lowest BCUT2D eigenvalue weighted by Gasteiger charge is -2.43. The lowest BCUT2D eigenvalue weighted by Crippen LogP contribution is -2.51. The van der Waals surface area contributed by atoms with Crippen LogP contribution >= 0.6 is 11.8 Å². The minimum Gasteiger partial charge on any atom is -0.310 e. The van der Waals surface area contributed by atoms with Crippen LogP contribution in [0.1, 0.15) is 81.5 Å². The minimum atomic E-state index is -0.441. The zero-order valence-corrected chi connectivity index (χ0v) is 39.1. The molecule has 7 aliphatic rings. The van der Waals surface area contributed by atoms with Crippen LogP contribution in [-0.4, -0.2) is 32.6 Å². The summed E-state index contributed by atoms with van der Waals surface area (Å²) >= 11 is 1.99. The van der Waals surface area contributed by atoms with E-state index in [1.54, 1.807) is 0 Å². The van der Waals surface area contributed by atoms with Crippen molar-refractivity contribution in [2.45, 2.75) is 85.9 Å². The van der Waals surface area contributed by atoms with Crippen molar-refractivity contribution < 1.29 is 0 Å². The van der Waals surface area contributed by atoms with Crippen molar-refractivity contribution in [2.24, 2.45) is 21.8 Å². The monoisotopic (exact) mass is 874 g/mol. The Morgan fingerprint density at radius 1 is 0.758 bits per heavy atom. The molecule has 324 valence electrons. The molecular weight excluding hydrogens is 821 g/mol. The van der Waals surface area contributed by atoms with Crippen molar-refractivity contribution in [3.05, 3.63) is 208 Å². The molecule has 4 nitrogen and oxygen atoms in total. The summed E-state index contributed by atoms with van der Waals surface area (Å²) < 4.78 is 2.45. The molecule has 3 aliphatic heterocycles. The van der Waals surface area contributed by atoms with Crippen LogP contribution in [0.25, 0.3) is 39.9 Å². The second-order valence-corrected chi connectivity index (χ2v) is 21.8. The van der Waals surface area contributed by atoms with Gasteiger partial charge in [-0.1, -0.05) is 166 Å². The van der Waals surface area contributed by atoms with Gasteiger partial charge in [-0.05, 0) is 103 Å². The van der Waals surface area contributed by atoms with Crippen molar-refractivity contribution >= 4 is 52.2 Å². The van der Waals surface area contributed by atoms with Crippen LogP contribution in [-0.2, 0) is 5.41 Å². The maximum absolute atomic E-state index is 5.74. The number of rotatable bonds is 4. The van der Waals surface area contributed by atoms with E-state index in [2.05, 4.69) is 226 Å². The Labute approximate surface area is 392 Å². The van der Waals surface area contributed by atoms with Crippen molar-refractivity contribution in [3.63, 3.8) is 0 Å². The summed E-state index contributed by atoms with van der Waals surface area (Å²) in [5.41, 5.74) is 13.1. The summed E-state index contributed by atoms with van der Waals surface area (Å²) in [6.07, 6.45) is 27.7. The molecule has 0 fully saturated rings. The highest BCUT2D eigenvalue weighted by Gasteiger charge is 2.54. The fourth-order valence-corrected chi connectivity index (χ4v) is 14.1. The number of fused-ring (bicyclic) bond motifs is 10. The number of thioether (sulfide) groups is 1. The molecule has 0 bridgehead atoms. The maximum Gasteiger partial charge on any atom is 0.227 e. The van der Waals surface area contributed by atoms with Gasteiger partial charge in [0.25, 0.3) is 0 Å². The smallest absolute Gasteiger partial charge is 0.227 e. The Kier molecular flexibility index (Phi) is 8.79. The molecule has 5 heteroatoms. The molecule has 0 radical (unpaired) electrons. The Morgan fingerprint density at radius 2 is 1.56 bits per heavy atom. The molecule has 8 atom stereocenters. The van der Waals surface area contributed by atoms with Crippen LogP contribution in [0.3, 0.4) is 0 Å². The predicted molar refractivity (Wildman–Crippen MR) is 278 cm³/mol. The number of nitrogens with zero attached hydrogens (tertiary/aromatic N) is 4. The zero-order valence-electron chi connectivity index (χ0n) is 38.3. The van der Waals surface area contributed by atoms with Gasteiger partial charge in [0.1, 0.15) is 0 Å². The number of aliphatic imine (C=N–C) groups is 2. The fourth-order valence-electron chi connectivity index (χ4n) is 12.6. The van der Waals surface area contributed by atoms with Crippen molar-refractivity contribution in [3.8, 4) is 16.8 Å². The Morgan fingerprint density at radius 3 is 2.41 bits per heavy atom. The first-order valence-electron chi connectivity index (χ1n) is 24.0. The van der Waals surface area contributed by atoms with E-state index in [1.807, 2.05) is 11.8 Å². The second kappa shape index (κ2) is 14.5. The fraction of sp³-hybridized carbons (Fsp3) is 0.246. The average Bonchev–Trinajstić information content (AvgIpc) is 3.93. The third kappa shape index (κ3) is 5.71. The van der Waals surface area contributed by atoms with Crippen molar-refractivity contribution in [1.82, 2.24) is 4.57 Å². The third-order valence-electron chi connectivity index (χ3n) is 16.4. The molecule has 5 aromatic carbocycles. The van der Waals surface area contributed by atoms with Gasteiger partial charge in [0.2, 0.25) is 5.96 Å². The number of allylic oxidation sites excluding steroid dienone is 6. The molecule has 4 aliphatic carbocycles. The van der Waals surface area contributed by atoms with Crippen LogP contribution in [0, 0.1) is 11.8 Å². The van der Waals surface area contributed by atoms with E-state index in [0.717, 1.165) is 24.5 Å². The lowest BCUT2D eigenvalue weighted by atomic mass is 9.65. The van der Waals surface area contributed by atoms with Crippen molar-refractivity contribution in [1.29, 1.82) is 0 Å². The van der Waals surface area contributed by atoms with E-state index in [9.17, 15) is 0 Å². The Bertz CT molecular complexity index is 3400. The number of guanidine groups is 1. The minimum absolute atomic E-state index is 0.0183. The maximum atomic E-state index is 5.74. The number of para-hydroxylation sites is 1. The number of anilines is 1. The topological polar surface area (TPSA) is 32.9 Å². The highest BCUT2D eigenvalue weighted by molar-refractivity contribution is 8.01. The molecule has 1 aromatic heterocycles. The summed E-state index contributed by atoms with van der Waals surface area (Å²) in [6.45, 7) is 12.0. The summed E-state index contributed by atoms with van der Waals surface area (Å²) in [7, 11) is 0. The van der Waals surface area contributed by atoms with Crippen LogP contribution in [0.2, 0.25) is 0 Å². The van der Waals surface area contributed by atoms with Gasteiger partial charge in [0.05, 0.1) is 28.2 Å². The van der Waals surface area contributed by atoms with Gasteiger partial charge in [0, 0.05) is 60.0 Å². The summed E-state index contributed by atoms with van der Waals surface area (Å²) in [5, 5.41) is 3.89. The SMILES string of the molecule is CC1C=c2c(c3cc(-c4ccc5c(c4)C4(C)C(C)CC=CC4N5C4=NC5(C)CC=CC=C5C(c5cccc6c5SC5(C)C=CC=CC65)=N4)ccc3n2-c2ccccc2)=CC1c1ccccc1. The first kappa shape index (κ1) is 39.9. The van der Waals surface area contributed by atoms with E-state index < -0.39 is 5.54 Å². The van der Waals surface area contributed by atoms with E-state index in [-0.39, 0.29) is 16.2 Å². The number of aromatic nitrogens is 1. The van der Waals surface area contributed by atoms with E-state index in [4.69, 9.17) is 9.98 Å². The summed E-state index contributed by atoms with van der Waals surface area (Å²) in [4.78, 5) is 15.3. The highest BCUT2D eigenvalue weighted by atomic mass is 32.2. The normalized spacial score (nSPS) is 29.7. The van der Waals surface area contributed by atoms with Gasteiger partial charge < -0.3 is 9.47 Å². The van der Waals surface area contributed by atoms with Gasteiger partial charge in [-0.15, -0.1) is 11.8 Å². The number of benzene rings is 5. The molecule has 13 rings (SSSR count). The van der Waals surface area contributed by atoms with Gasteiger partial charge in [0.15, 0.2) is 0 Å². The standard InChI is InChI=1S/C61H54N4S/c1-38-34-54-48(37-46(38)40-19-8-6-9-20-40)47-35-41(28-30-52(47)64(54)43-21-10-7-11-22-43)42-29-31-53-51(36-42)61(5)39(2)18-16-27-55(61)65(53)58-62-56(50-26-12-14-32-59(50,3)63-58)45-24-17-23-44-49-25-13-15-33-60(49,4)66-57(44)45/h6-17,19-31,33-39,46,49,55H,18,32H2,1-5H3. The lowest BCUT2D eigenvalue weighted by molar-refractivity contribution is 0.291. The van der Waals surface area contributed by atoms with Crippen LogP contribution in [0.5, 0.6) is 0 Å². The molecule has 0 saturated carbocycles. The third-order valence-corrected chi connectivity index (χ3v) is 17.9. The Hall–Kier alpha value is -6.43. The van der Waals surface area contributed by atoms with Crippen LogP contribution in [0.4, 0.5) is 5.69 Å². The highest BCUT2D eigenvalue weighted by Crippen LogP contribution is 2.58. The molecule has 0 saturated heterocycles. The largest absolute Gasteiger partial charge is 0.310 e. The van der Waals surface area contributed by atoms with E-state index in [1.165, 1.54) is 76.7 Å². The number of hydrogen-bond donors (Lipinski definition) is 0. The first-order valence-corrected chi connectivity index (χ1v) is 24.8. The molecule has 6 aromatic rings. The average molecular weight is 875 g/mol. The van der Waals surface area contributed by atoms with Crippen molar-refractivity contribution in [2.75, 3.05) is 4.90 Å². The summed E-state index contributed by atoms with van der Waals surface area (Å²) in [5.74, 6) is 2.22. The zero-order chi connectivity index (χ0) is 44.5. The van der Waals surface area contributed by atoms with Gasteiger partial charge in [-0.2, -0.15) is 0 Å². The molecule has 0 spiro atoms. The molecule has 0 amide bonds. The van der Waals surface area contributed by atoms with Gasteiger partial charge >= 0.3 is 0 Å².